The summed E-state index contributed by atoms with van der Waals surface area (Å²) in [6.07, 6.45) is 1.16. The number of likely N-dealkylation sites (N-methyl/N-ethyl adjacent to an activating group) is 1. The summed E-state index contributed by atoms with van der Waals surface area (Å²) in [4.78, 5) is 14.4. The number of hydrogen-bond acceptors (Lipinski definition) is 5. The number of nitrogens with one attached hydrogen (secondary N) is 2. The largest absolute Gasteiger partial charge is 0.392 e. The first-order valence-electron chi connectivity index (χ1n) is 13.4. The van der Waals surface area contributed by atoms with E-state index in [2.05, 4.69) is 36.1 Å². The molecule has 1 fully saturated rings. The van der Waals surface area contributed by atoms with Crippen molar-refractivity contribution < 1.29 is 19.4 Å². The van der Waals surface area contributed by atoms with E-state index in [4.69, 9.17) is 9.47 Å². The summed E-state index contributed by atoms with van der Waals surface area (Å²) in [5.41, 5.74) is 4.89. The van der Waals surface area contributed by atoms with Crippen molar-refractivity contribution >= 4 is 6.03 Å². The molecular formula is C32H39N3O4. The fraction of sp³-hybridized carbons (Fsp3) is 0.344. The Morgan fingerprint density at radius 3 is 2.10 bits per heavy atom. The van der Waals surface area contributed by atoms with Crippen LogP contribution in [0.5, 0.6) is 0 Å². The van der Waals surface area contributed by atoms with E-state index in [9.17, 15) is 9.90 Å². The van der Waals surface area contributed by atoms with Gasteiger partial charge in [-0.25, -0.2) is 4.79 Å². The van der Waals surface area contributed by atoms with Crippen LogP contribution >= 0.6 is 0 Å². The summed E-state index contributed by atoms with van der Waals surface area (Å²) in [5, 5.41) is 15.2. The number of carbonyl (C=O) groups excluding carboxylic acids is 1. The highest BCUT2D eigenvalue weighted by Crippen LogP contribution is 2.41. The maximum absolute atomic E-state index is 12.2. The molecule has 0 aliphatic carbocycles. The zero-order chi connectivity index (χ0) is 27.6. The van der Waals surface area contributed by atoms with E-state index in [0.29, 0.717) is 13.1 Å². The van der Waals surface area contributed by atoms with Gasteiger partial charge in [0.2, 0.25) is 0 Å². The van der Waals surface area contributed by atoms with Crippen LogP contribution in [0.2, 0.25) is 0 Å². The molecule has 3 aromatic rings. The van der Waals surface area contributed by atoms with Crippen molar-refractivity contribution in [3.05, 3.63) is 119 Å². The van der Waals surface area contributed by atoms with E-state index >= 15 is 0 Å². The van der Waals surface area contributed by atoms with Crippen molar-refractivity contribution in [3.8, 4) is 0 Å². The van der Waals surface area contributed by atoms with Crippen molar-refractivity contribution in [2.75, 3.05) is 20.1 Å². The van der Waals surface area contributed by atoms with Crippen LogP contribution in [-0.4, -0.2) is 42.3 Å². The molecular weight excluding hydrogens is 490 g/mol. The molecule has 39 heavy (non-hydrogen) atoms. The predicted octanol–water partition coefficient (Wildman–Crippen LogP) is 5.09. The summed E-state index contributed by atoms with van der Waals surface area (Å²) >= 11 is 0. The molecule has 0 unspecified atom stereocenters. The molecule has 2 amide bonds. The molecule has 4 atom stereocenters. The smallest absolute Gasteiger partial charge is 0.315 e. The molecule has 3 aromatic carbocycles. The molecule has 0 saturated carbocycles. The molecule has 1 heterocycles. The molecule has 206 valence electrons. The fourth-order valence-corrected chi connectivity index (χ4v) is 4.75. The number of urea groups is 1. The van der Waals surface area contributed by atoms with Gasteiger partial charge in [-0.05, 0) is 29.3 Å². The Hall–Kier alpha value is -3.49. The van der Waals surface area contributed by atoms with Gasteiger partial charge in [0.1, 0.15) is 0 Å². The van der Waals surface area contributed by atoms with E-state index in [1.807, 2.05) is 84.9 Å². The fourth-order valence-electron chi connectivity index (χ4n) is 4.75. The zero-order valence-electron chi connectivity index (χ0n) is 22.8. The van der Waals surface area contributed by atoms with Gasteiger partial charge < -0.3 is 30.1 Å². The maximum atomic E-state index is 12.2. The van der Waals surface area contributed by atoms with E-state index in [1.165, 1.54) is 0 Å². The first kappa shape index (κ1) is 28.5. The summed E-state index contributed by atoms with van der Waals surface area (Å²) < 4.78 is 13.0. The minimum Gasteiger partial charge on any atom is -0.392 e. The number of aliphatic hydroxyl groups is 1. The first-order valence-corrected chi connectivity index (χ1v) is 13.4. The topological polar surface area (TPSA) is 83.1 Å². The van der Waals surface area contributed by atoms with Gasteiger partial charge in [0.25, 0.3) is 0 Å². The second-order valence-electron chi connectivity index (χ2n) is 10.1. The van der Waals surface area contributed by atoms with Crippen LogP contribution in [0, 0.1) is 5.92 Å². The van der Waals surface area contributed by atoms with Gasteiger partial charge in [-0.2, -0.15) is 0 Å². The van der Waals surface area contributed by atoms with Crippen LogP contribution < -0.4 is 10.6 Å². The highest BCUT2D eigenvalue weighted by Gasteiger charge is 2.38. The Bertz CT molecular complexity index is 1180. The van der Waals surface area contributed by atoms with Crippen molar-refractivity contribution in [1.82, 2.24) is 15.5 Å². The van der Waals surface area contributed by atoms with Gasteiger partial charge in [-0.1, -0.05) is 91.9 Å². The molecule has 7 heteroatoms. The van der Waals surface area contributed by atoms with E-state index in [1.54, 1.807) is 0 Å². The standard InChI is InChI=1S/C32H39N3O4/c1-4-18-35(3)21-29-23(2)30(27-14-12-26(22-36)13-15-27)39-31(38-29)28-16-10-25(11-17-28)20-34-32(37)33-19-24-8-6-5-7-9-24/h4-17,23,29-31,36H,1,18-22H2,2-3H3,(H2,33,34,37)/t23-,29+,30+,31+/m1/s1. The second-order valence-corrected chi connectivity index (χ2v) is 10.1. The van der Waals surface area contributed by atoms with Crippen LogP contribution in [0.1, 0.15) is 47.1 Å². The highest BCUT2D eigenvalue weighted by molar-refractivity contribution is 5.73. The normalized spacial score (nSPS) is 20.9. The lowest BCUT2D eigenvalue weighted by Gasteiger charge is -2.42. The van der Waals surface area contributed by atoms with Gasteiger partial charge in [0.05, 0.1) is 18.8 Å². The van der Waals surface area contributed by atoms with Gasteiger partial charge in [-0.3, -0.25) is 0 Å². The summed E-state index contributed by atoms with van der Waals surface area (Å²) in [5.74, 6) is 0.117. The molecule has 0 radical (unpaired) electrons. The van der Waals surface area contributed by atoms with E-state index in [-0.39, 0.29) is 30.8 Å². The molecule has 1 saturated heterocycles. The third-order valence-electron chi connectivity index (χ3n) is 7.06. The maximum Gasteiger partial charge on any atom is 0.315 e. The van der Waals surface area contributed by atoms with Crippen LogP contribution in [0.3, 0.4) is 0 Å². The molecule has 1 aliphatic heterocycles. The number of carbonyl (C=O) groups is 1. The number of ether oxygens (including phenoxy) is 2. The van der Waals surface area contributed by atoms with Crippen molar-refractivity contribution in [2.45, 2.75) is 45.1 Å². The monoisotopic (exact) mass is 529 g/mol. The number of hydrogen-bond donors (Lipinski definition) is 3. The minimum atomic E-state index is -0.526. The lowest BCUT2D eigenvalue weighted by molar-refractivity contribution is -0.275. The minimum absolute atomic E-state index is 0.0119. The van der Waals surface area contributed by atoms with Crippen molar-refractivity contribution in [2.24, 2.45) is 5.92 Å². The Morgan fingerprint density at radius 2 is 1.49 bits per heavy atom. The van der Waals surface area contributed by atoms with E-state index in [0.717, 1.165) is 40.9 Å². The Balaban J connectivity index is 1.41. The molecule has 0 spiro atoms. The molecule has 3 N–H and O–H groups in total. The van der Waals surface area contributed by atoms with Crippen molar-refractivity contribution in [1.29, 1.82) is 0 Å². The summed E-state index contributed by atoms with van der Waals surface area (Å²) in [7, 11) is 2.06. The third-order valence-corrected chi connectivity index (χ3v) is 7.06. The second kappa shape index (κ2) is 14.1. The number of benzene rings is 3. The molecule has 0 aromatic heterocycles. The molecule has 0 bridgehead atoms. The van der Waals surface area contributed by atoms with Crippen LogP contribution in [0.25, 0.3) is 0 Å². The number of amides is 2. The zero-order valence-corrected chi connectivity index (χ0v) is 22.8. The Labute approximate surface area is 231 Å². The predicted molar refractivity (Wildman–Crippen MR) is 153 cm³/mol. The number of aliphatic hydroxyl groups excluding tert-OH is 1. The SMILES string of the molecule is C=CCN(C)C[C@@H]1O[C@H](c2ccc(CNC(=O)NCc3ccccc3)cc2)O[C@H](c2ccc(CO)cc2)[C@@H]1C. The third kappa shape index (κ3) is 8.00. The van der Waals surface area contributed by atoms with Gasteiger partial charge in [0.15, 0.2) is 6.29 Å². The number of nitrogens with zero attached hydrogens (tertiary/aromatic N) is 1. The highest BCUT2D eigenvalue weighted by atomic mass is 16.7. The van der Waals surface area contributed by atoms with Crippen LogP contribution in [0.4, 0.5) is 4.79 Å². The molecule has 1 aliphatic rings. The molecule has 4 rings (SSSR count). The Morgan fingerprint density at radius 1 is 0.897 bits per heavy atom. The average molecular weight is 530 g/mol. The van der Waals surface area contributed by atoms with Crippen LogP contribution in [-0.2, 0) is 29.2 Å². The van der Waals surface area contributed by atoms with Gasteiger partial charge >= 0.3 is 6.03 Å². The van der Waals surface area contributed by atoms with Gasteiger partial charge in [0, 0.05) is 37.7 Å². The summed E-state index contributed by atoms with van der Waals surface area (Å²) in [6, 6.07) is 25.5. The number of rotatable bonds is 11. The quantitative estimate of drug-likeness (QED) is 0.302. The van der Waals surface area contributed by atoms with Gasteiger partial charge in [-0.15, -0.1) is 6.58 Å². The molecule has 7 nitrogen and oxygen atoms in total. The lowest BCUT2D eigenvalue weighted by atomic mass is 9.90. The average Bonchev–Trinajstić information content (AvgIpc) is 2.97. The van der Waals surface area contributed by atoms with E-state index < -0.39 is 6.29 Å². The Kier molecular flexibility index (Phi) is 10.3. The first-order chi connectivity index (χ1) is 19.0. The lowest BCUT2D eigenvalue weighted by Crippen LogP contribution is -2.43. The summed E-state index contributed by atoms with van der Waals surface area (Å²) in [6.45, 7) is 8.44. The van der Waals surface area contributed by atoms with Crippen LogP contribution in [0.15, 0.2) is 91.5 Å². The van der Waals surface area contributed by atoms with Crippen molar-refractivity contribution in [3.63, 3.8) is 0 Å².